The Balaban J connectivity index is 2.61. The van der Waals surface area contributed by atoms with E-state index < -0.39 is 16.4 Å². The average molecular weight is 250 g/mol. The summed E-state index contributed by atoms with van der Waals surface area (Å²) in [6, 6.07) is 11.9. The van der Waals surface area contributed by atoms with Crippen LogP contribution in [0.4, 0.5) is 5.69 Å². The zero-order chi connectivity index (χ0) is 12.4. The fourth-order valence-corrected chi connectivity index (χ4v) is 1.74. The van der Waals surface area contributed by atoms with Gasteiger partial charge in [-0.3, -0.25) is 10.1 Å². The molecule has 0 aliphatic rings. The zero-order valence-electron chi connectivity index (χ0n) is 8.63. The van der Waals surface area contributed by atoms with E-state index in [0.717, 1.165) is 5.56 Å². The van der Waals surface area contributed by atoms with Gasteiger partial charge in [-0.25, -0.2) is 0 Å². The van der Waals surface area contributed by atoms with Gasteiger partial charge in [0.05, 0.1) is 9.95 Å². The van der Waals surface area contributed by atoms with E-state index in [4.69, 9.17) is 11.6 Å². The van der Waals surface area contributed by atoms with Gasteiger partial charge in [0.1, 0.15) is 0 Å². The molecule has 86 valence electrons. The summed E-state index contributed by atoms with van der Waals surface area (Å²) in [5.74, 6) is -0.503. The highest BCUT2D eigenvalue weighted by atomic mass is 35.5. The summed E-state index contributed by atoms with van der Waals surface area (Å²) in [5, 5.41) is 20.2. The standard InChI is InChI=1S/C12H8ClNO3/c13-10-6-9(8-4-2-1-3-5-8)7-11(12(10)15)14(16)17/h1-7,15H. The van der Waals surface area contributed by atoms with Crippen molar-refractivity contribution in [3.05, 3.63) is 57.6 Å². The molecule has 5 heteroatoms. The van der Waals surface area contributed by atoms with Gasteiger partial charge in [0.15, 0.2) is 0 Å². The summed E-state index contributed by atoms with van der Waals surface area (Å²) >= 11 is 5.76. The van der Waals surface area contributed by atoms with Crippen LogP contribution >= 0.6 is 11.6 Å². The van der Waals surface area contributed by atoms with Crippen molar-refractivity contribution in [2.45, 2.75) is 0 Å². The van der Waals surface area contributed by atoms with Gasteiger partial charge in [-0.1, -0.05) is 41.9 Å². The lowest BCUT2D eigenvalue weighted by atomic mass is 10.0. The second-order valence-corrected chi connectivity index (χ2v) is 3.86. The molecule has 0 spiro atoms. The molecule has 0 heterocycles. The fraction of sp³-hybridized carbons (Fsp3) is 0. The van der Waals surface area contributed by atoms with Crippen molar-refractivity contribution >= 4 is 17.3 Å². The minimum Gasteiger partial charge on any atom is -0.501 e. The molecule has 0 aliphatic heterocycles. The molecule has 0 bridgehead atoms. The van der Waals surface area contributed by atoms with Crippen molar-refractivity contribution in [1.82, 2.24) is 0 Å². The summed E-state index contributed by atoms with van der Waals surface area (Å²) in [6.07, 6.45) is 0. The van der Waals surface area contributed by atoms with Gasteiger partial charge < -0.3 is 5.11 Å². The van der Waals surface area contributed by atoms with Crippen LogP contribution < -0.4 is 0 Å². The van der Waals surface area contributed by atoms with Crippen LogP contribution in [0.25, 0.3) is 11.1 Å². The van der Waals surface area contributed by atoms with Crippen LogP contribution in [0, 0.1) is 10.1 Å². The third kappa shape index (κ3) is 2.21. The van der Waals surface area contributed by atoms with Gasteiger partial charge in [-0.15, -0.1) is 0 Å². The number of halogens is 1. The number of nitro groups is 1. The highest BCUT2D eigenvalue weighted by molar-refractivity contribution is 6.32. The van der Waals surface area contributed by atoms with E-state index >= 15 is 0 Å². The molecule has 0 saturated heterocycles. The third-order valence-corrected chi connectivity index (χ3v) is 2.64. The topological polar surface area (TPSA) is 63.4 Å². The molecule has 0 atom stereocenters. The van der Waals surface area contributed by atoms with Crippen molar-refractivity contribution < 1.29 is 10.0 Å². The summed E-state index contributed by atoms with van der Waals surface area (Å²) in [5.41, 5.74) is 1.01. The van der Waals surface area contributed by atoms with Gasteiger partial charge in [0, 0.05) is 6.07 Å². The van der Waals surface area contributed by atoms with E-state index in [-0.39, 0.29) is 5.02 Å². The molecule has 0 fully saturated rings. The van der Waals surface area contributed by atoms with E-state index in [1.807, 2.05) is 30.3 Å². The molecule has 0 radical (unpaired) electrons. The number of phenolic OH excluding ortho intramolecular Hbond substituents is 1. The Bertz CT molecular complexity index is 569. The number of nitro benzene ring substituents is 1. The predicted octanol–water partition coefficient (Wildman–Crippen LogP) is 3.62. The van der Waals surface area contributed by atoms with Crippen LogP contribution in [0.2, 0.25) is 5.02 Å². The maximum absolute atomic E-state index is 10.7. The lowest BCUT2D eigenvalue weighted by Gasteiger charge is -2.04. The normalized spacial score (nSPS) is 10.2. The Hall–Kier alpha value is -2.07. The van der Waals surface area contributed by atoms with E-state index in [9.17, 15) is 15.2 Å². The fourth-order valence-electron chi connectivity index (χ4n) is 1.52. The lowest BCUT2D eigenvalue weighted by molar-refractivity contribution is -0.385. The molecule has 1 N–H and O–H groups in total. The second kappa shape index (κ2) is 4.43. The molecule has 0 aromatic heterocycles. The molecule has 0 unspecified atom stereocenters. The number of hydrogen-bond donors (Lipinski definition) is 1. The molecular formula is C12H8ClNO3. The Labute approximate surface area is 102 Å². The molecule has 2 aromatic carbocycles. The highest BCUT2D eigenvalue weighted by Gasteiger charge is 2.18. The van der Waals surface area contributed by atoms with Gasteiger partial charge in [0.25, 0.3) is 0 Å². The summed E-state index contributed by atoms with van der Waals surface area (Å²) in [7, 11) is 0. The second-order valence-electron chi connectivity index (χ2n) is 3.45. The van der Waals surface area contributed by atoms with Crippen LogP contribution in [-0.2, 0) is 0 Å². The van der Waals surface area contributed by atoms with E-state index in [0.29, 0.717) is 5.56 Å². The monoisotopic (exact) mass is 249 g/mol. The number of benzene rings is 2. The Morgan fingerprint density at radius 3 is 2.35 bits per heavy atom. The minimum atomic E-state index is -0.659. The maximum Gasteiger partial charge on any atom is 0.312 e. The van der Waals surface area contributed by atoms with Crippen LogP contribution in [0.3, 0.4) is 0 Å². The quantitative estimate of drug-likeness (QED) is 0.653. The lowest BCUT2D eigenvalue weighted by Crippen LogP contribution is -1.90. The molecule has 4 nitrogen and oxygen atoms in total. The minimum absolute atomic E-state index is 0.0296. The van der Waals surface area contributed by atoms with Crippen molar-refractivity contribution in [1.29, 1.82) is 0 Å². The molecule has 2 aromatic rings. The largest absolute Gasteiger partial charge is 0.501 e. The summed E-state index contributed by atoms with van der Waals surface area (Å²) in [4.78, 5) is 10.1. The summed E-state index contributed by atoms with van der Waals surface area (Å²) < 4.78 is 0. The molecule has 0 saturated carbocycles. The molecule has 17 heavy (non-hydrogen) atoms. The first-order chi connectivity index (χ1) is 8.09. The number of nitrogens with zero attached hydrogens (tertiary/aromatic N) is 1. The van der Waals surface area contributed by atoms with E-state index in [2.05, 4.69) is 0 Å². The number of rotatable bonds is 2. The maximum atomic E-state index is 10.7. The van der Waals surface area contributed by atoms with Crippen molar-refractivity contribution in [2.24, 2.45) is 0 Å². The molecule has 2 rings (SSSR count). The van der Waals surface area contributed by atoms with E-state index in [1.165, 1.54) is 12.1 Å². The predicted molar refractivity (Wildman–Crippen MR) is 65.2 cm³/mol. The van der Waals surface area contributed by atoms with Gasteiger partial charge in [0.2, 0.25) is 5.75 Å². The van der Waals surface area contributed by atoms with Crippen LogP contribution in [0.5, 0.6) is 5.75 Å². The average Bonchev–Trinajstić information content (AvgIpc) is 2.33. The van der Waals surface area contributed by atoms with Crippen molar-refractivity contribution in [2.75, 3.05) is 0 Å². The van der Waals surface area contributed by atoms with Crippen LogP contribution in [0.15, 0.2) is 42.5 Å². The SMILES string of the molecule is O=[N+]([O-])c1cc(-c2ccccc2)cc(Cl)c1O. The van der Waals surface area contributed by atoms with Gasteiger partial charge in [-0.2, -0.15) is 0 Å². The van der Waals surface area contributed by atoms with E-state index in [1.54, 1.807) is 0 Å². The number of hydrogen-bond acceptors (Lipinski definition) is 3. The first-order valence-corrected chi connectivity index (χ1v) is 5.19. The molecular weight excluding hydrogens is 242 g/mol. The highest BCUT2D eigenvalue weighted by Crippen LogP contribution is 2.37. The van der Waals surface area contributed by atoms with Crippen molar-refractivity contribution in [3.8, 4) is 16.9 Å². The Kier molecular flexibility index (Phi) is 2.97. The Morgan fingerprint density at radius 1 is 1.12 bits per heavy atom. The van der Waals surface area contributed by atoms with Gasteiger partial charge >= 0.3 is 5.69 Å². The molecule has 0 aliphatic carbocycles. The first-order valence-electron chi connectivity index (χ1n) is 4.82. The number of phenols is 1. The van der Waals surface area contributed by atoms with Crippen LogP contribution in [-0.4, -0.2) is 10.0 Å². The smallest absolute Gasteiger partial charge is 0.312 e. The van der Waals surface area contributed by atoms with Crippen molar-refractivity contribution in [3.63, 3.8) is 0 Å². The summed E-state index contributed by atoms with van der Waals surface area (Å²) in [6.45, 7) is 0. The third-order valence-electron chi connectivity index (χ3n) is 2.35. The first kappa shape index (κ1) is 11.4. The van der Waals surface area contributed by atoms with Crippen LogP contribution in [0.1, 0.15) is 0 Å². The zero-order valence-corrected chi connectivity index (χ0v) is 9.39. The molecule has 0 amide bonds. The number of aromatic hydroxyl groups is 1. The van der Waals surface area contributed by atoms with Gasteiger partial charge in [-0.05, 0) is 17.2 Å². The Morgan fingerprint density at radius 2 is 1.76 bits per heavy atom.